The second-order valence-electron chi connectivity index (χ2n) is 3.46. The number of aliphatic hydroxyl groups excluding tert-OH is 1. The molecule has 0 aliphatic rings. The molecule has 2 unspecified atom stereocenters. The highest BCUT2D eigenvalue weighted by molar-refractivity contribution is 6.33. The Hall–Kier alpha value is -0.280. The van der Waals surface area contributed by atoms with Crippen molar-refractivity contribution in [3.8, 4) is 0 Å². The van der Waals surface area contributed by atoms with Crippen LogP contribution in [0.4, 0.5) is 0 Å². The van der Waals surface area contributed by atoms with Crippen LogP contribution in [0, 0.1) is 0 Å². The molecule has 0 bridgehead atoms. The highest BCUT2D eigenvalue weighted by atomic mass is 35.5. The summed E-state index contributed by atoms with van der Waals surface area (Å²) in [6, 6.07) is 5.05. The molecule has 2 nitrogen and oxygen atoms in total. The van der Waals surface area contributed by atoms with Crippen LogP contribution in [0.5, 0.6) is 0 Å². The van der Waals surface area contributed by atoms with Gasteiger partial charge in [0.05, 0.1) is 12.2 Å². The van der Waals surface area contributed by atoms with Gasteiger partial charge >= 0.3 is 0 Å². The number of hydrogen-bond acceptors (Lipinski definition) is 2. The van der Waals surface area contributed by atoms with Crippen molar-refractivity contribution in [1.29, 1.82) is 0 Å². The van der Waals surface area contributed by atoms with Crippen molar-refractivity contribution >= 4 is 23.2 Å². The average molecular weight is 249 g/mol. The minimum absolute atomic E-state index is 0.0185. The summed E-state index contributed by atoms with van der Waals surface area (Å²) in [5.74, 6) is 0. The van der Waals surface area contributed by atoms with E-state index in [0.717, 1.165) is 0 Å². The molecule has 0 spiro atoms. The Morgan fingerprint density at radius 2 is 2.07 bits per heavy atom. The van der Waals surface area contributed by atoms with Gasteiger partial charge in [-0.05, 0) is 25.1 Å². The van der Waals surface area contributed by atoms with Gasteiger partial charge in [-0.15, -0.1) is 0 Å². The topological polar surface area (TPSA) is 29.5 Å². The molecule has 0 aliphatic carbocycles. The molecule has 0 radical (unpaired) electrons. The number of benzene rings is 1. The first-order chi connectivity index (χ1) is 7.04. The zero-order valence-electron chi connectivity index (χ0n) is 8.71. The highest BCUT2D eigenvalue weighted by Gasteiger charge is 2.15. The lowest BCUT2D eigenvalue weighted by atomic mass is 10.0. The predicted molar refractivity (Wildman–Crippen MR) is 62.5 cm³/mol. The molecule has 1 aromatic carbocycles. The minimum atomic E-state index is -0.647. The first-order valence-electron chi connectivity index (χ1n) is 4.70. The molecule has 0 amide bonds. The van der Waals surface area contributed by atoms with E-state index in [-0.39, 0.29) is 6.10 Å². The van der Waals surface area contributed by atoms with E-state index in [1.54, 1.807) is 25.3 Å². The summed E-state index contributed by atoms with van der Waals surface area (Å²) in [5.41, 5.74) is 0.646. The van der Waals surface area contributed by atoms with Crippen LogP contribution in [-0.4, -0.2) is 18.3 Å². The number of ether oxygens (including phenoxy) is 1. The first kappa shape index (κ1) is 12.8. The fourth-order valence-electron chi connectivity index (χ4n) is 1.31. The highest BCUT2D eigenvalue weighted by Crippen LogP contribution is 2.29. The molecule has 0 saturated heterocycles. The summed E-state index contributed by atoms with van der Waals surface area (Å²) in [7, 11) is 1.61. The van der Waals surface area contributed by atoms with Crippen LogP contribution in [0.3, 0.4) is 0 Å². The van der Waals surface area contributed by atoms with Crippen LogP contribution in [0.15, 0.2) is 18.2 Å². The Kier molecular flexibility index (Phi) is 4.87. The Morgan fingerprint density at radius 1 is 1.40 bits per heavy atom. The summed E-state index contributed by atoms with van der Waals surface area (Å²) < 4.78 is 5.08. The molecule has 0 aromatic heterocycles. The van der Waals surface area contributed by atoms with E-state index in [9.17, 15) is 5.11 Å². The summed E-state index contributed by atoms with van der Waals surface area (Å²) in [4.78, 5) is 0. The lowest BCUT2D eigenvalue weighted by Crippen LogP contribution is -2.11. The third-order valence-corrected chi connectivity index (χ3v) is 2.85. The second-order valence-corrected chi connectivity index (χ2v) is 4.31. The maximum Gasteiger partial charge on any atom is 0.0829 e. The SMILES string of the molecule is COC(C)CC(O)c1cc(Cl)ccc1Cl. The minimum Gasteiger partial charge on any atom is -0.388 e. The third kappa shape index (κ3) is 3.65. The molecule has 2 atom stereocenters. The first-order valence-corrected chi connectivity index (χ1v) is 5.46. The number of aliphatic hydroxyl groups is 1. The van der Waals surface area contributed by atoms with Gasteiger partial charge in [-0.25, -0.2) is 0 Å². The van der Waals surface area contributed by atoms with Crippen molar-refractivity contribution in [3.63, 3.8) is 0 Å². The second kappa shape index (κ2) is 5.71. The molecule has 1 rings (SSSR count). The maximum absolute atomic E-state index is 9.90. The number of hydrogen-bond donors (Lipinski definition) is 1. The monoisotopic (exact) mass is 248 g/mol. The maximum atomic E-state index is 9.90. The molecule has 84 valence electrons. The summed E-state index contributed by atoms with van der Waals surface area (Å²) in [6.45, 7) is 1.89. The fraction of sp³-hybridized carbons (Fsp3) is 0.455. The molecule has 4 heteroatoms. The van der Waals surface area contributed by atoms with E-state index < -0.39 is 6.10 Å². The van der Waals surface area contributed by atoms with Crippen molar-refractivity contribution in [1.82, 2.24) is 0 Å². The summed E-state index contributed by atoms with van der Waals surface area (Å²) in [5, 5.41) is 11.0. The van der Waals surface area contributed by atoms with E-state index in [2.05, 4.69) is 0 Å². The quantitative estimate of drug-likeness (QED) is 0.885. The van der Waals surface area contributed by atoms with Crippen LogP contribution in [0.1, 0.15) is 25.0 Å². The van der Waals surface area contributed by atoms with Crippen molar-refractivity contribution < 1.29 is 9.84 Å². The number of rotatable bonds is 4. The molecule has 1 N–H and O–H groups in total. The Morgan fingerprint density at radius 3 is 2.67 bits per heavy atom. The van der Waals surface area contributed by atoms with Crippen LogP contribution < -0.4 is 0 Å². The molecule has 15 heavy (non-hydrogen) atoms. The lowest BCUT2D eigenvalue weighted by Gasteiger charge is -2.16. The van der Waals surface area contributed by atoms with Gasteiger partial charge < -0.3 is 9.84 Å². The smallest absolute Gasteiger partial charge is 0.0829 e. The van der Waals surface area contributed by atoms with E-state index in [1.807, 2.05) is 6.92 Å². The van der Waals surface area contributed by atoms with Crippen molar-refractivity contribution in [3.05, 3.63) is 33.8 Å². The zero-order valence-corrected chi connectivity index (χ0v) is 10.2. The molecular weight excluding hydrogens is 235 g/mol. The van der Waals surface area contributed by atoms with E-state index >= 15 is 0 Å². The van der Waals surface area contributed by atoms with Crippen LogP contribution >= 0.6 is 23.2 Å². The van der Waals surface area contributed by atoms with Crippen molar-refractivity contribution in [2.24, 2.45) is 0 Å². The van der Waals surface area contributed by atoms with Crippen LogP contribution in [0.25, 0.3) is 0 Å². The summed E-state index contributed by atoms with van der Waals surface area (Å²) >= 11 is 11.8. The molecular formula is C11H14Cl2O2. The van der Waals surface area contributed by atoms with E-state index in [0.29, 0.717) is 22.0 Å². The normalized spacial score (nSPS) is 15.0. The molecule has 0 fully saturated rings. The van der Waals surface area contributed by atoms with Gasteiger partial charge in [-0.2, -0.15) is 0 Å². The number of halogens is 2. The third-order valence-electron chi connectivity index (χ3n) is 2.27. The van der Waals surface area contributed by atoms with Gasteiger partial charge in [-0.1, -0.05) is 23.2 Å². The van der Waals surface area contributed by atoms with E-state index in [1.165, 1.54) is 0 Å². The van der Waals surface area contributed by atoms with Gasteiger partial charge in [0.2, 0.25) is 0 Å². The van der Waals surface area contributed by atoms with Crippen molar-refractivity contribution in [2.75, 3.05) is 7.11 Å². The van der Waals surface area contributed by atoms with Gasteiger partial charge in [0.1, 0.15) is 0 Å². The standard InChI is InChI=1S/C11H14Cl2O2/c1-7(15-2)5-11(14)9-6-8(12)3-4-10(9)13/h3-4,6-7,11,14H,5H2,1-2H3. The van der Waals surface area contributed by atoms with Gasteiger partial charge in [-0.3, -0.25) is 0 Å². The van der Waals surface area contributed by atoms with E-state index in [4.69, 9.17) is 27.9 Å². The van der Waals surface area contributed by atoms with Gasteiger partial charge in [0, 0.05) is 29.1 Å². The van der Waals surface area contributed by atoms with Crippen molar-refractivity contribution in [2.45, 2.75) is 25.6 Å². The predicted octanol–water partition coefficient (Wildman–Crippen LogP) is 3.45. The van der Waals surface area contributed by atoms with Gasteiger partial charge in [0.25, 0.3) is 0 Å². The molecule has 1 aromatic rings. The van der Waals surface area contributed by atoms with Crippen LogP contribution in [0.2, 0.25) is 10.0 Å². The number of methoxy groups -OCH3 is 1. The van der Waals surface area contributed by atoms with Crippen LogP contribution in [-0.2, 0) is 4.74 Å². The fourth-order valence-corrected chi connectivity index (χ4v) is 1.73. The Labute approximate surface area is 99.8 Å². The lowest BCUT2D eigenvalue weighted by molar-refractivity contribution is 0.0560. The largest absolute Gasteiger partial charge is 0.388 e. The molecule has 0 saturated carbocycles. The Balaban J connectivity index is 2.80. The molecule has 0 aliphatic heterocycles. The average Bonchev–Trinajstić information content (AvgIpc) is 2.21. The van der Waals surface area contributed by atoms with Gasteiger partial charge in [0.15, 0.2) is 0 Å². The Bertz CT molecular complexity index is 328. The molecule has 0 heterocycles. The zero-order chi connectivity index (χ0) is 11.4. The summed E-state index contributed by atoms with van der Waals surface area (Å²) in [6.07, 6.45) is -0.169.